The molecule has 0 fully saturated rings. The number of anilines is 1. The van der Waals surface area contributed by atoms with E-state index in [1.807, 2.05) is 0 Å². The Bertz CT molecular complexity index is 1060. The molecule has 0 spiro atoms. The van der Waals surface area contributed by atoms with Crippen LogP contribution in [-0.2, 0) is 10.7 Å². The van der Waals surface area contributed by atoms with Gasteiger partial charge in [-0.1, -0.05) is 23.7 Å². The fourth-order valence-electron chi connectivity index (χ4n) is 2.53. The molecule has 1 atom stereocenters. The predicted octanol–water partition coefficient (Wildman–Crippen LogP) is 4.94. The molecule has 0 saturated carbocycles. The van der Waals surface area contributed by atoms with Crippen molar-refractivity contribution in [3.05, 3.63) is 68.1 Å². The molecule has 0 radical (unpaired) electrons. The Hall–Kier alpha value is -2.58. The van der Waals surface area contributed by atoms with Gasteiger partial charge in [0.05, 0.1) is 5.69 Å². The second-order valence-corrected chi connectivity index (χ2v) is 7.76. The van der Waals surface area contributed by atoms with Crippen LogP contribution in [0, 0.1) is 0 Å². The molecule has 5 nitrogen and oxygen atoms in total. The number of carbonyl (C=O) groups excluding carboxylic acids is 1. The van der Waals surface area contributed by atoms with E-state index in [0.29, 0.717) is 21.3 Å². The first-order valence-corrected chi connectivity index (χ1v) is 9.55. The Balaban J connectivity index is 1.82. The number of alkyl halides is 2. The molecule has 0 bridgehead atoms. The Labute approximate surface area is 168 Å². The van der Waals surface area contributed by atoms with Crippen LogP contribution in [0.25, 0.3) is 11.3 Å². The fraction of sp³-hybridized carbons (Fsp3) is 0.211. The summed E-state index contributed by atoms with van der Waals surface area (Å²) in [5, 5.41) is 8.66. The van der Waals surface area contributed by atoms with Crippen molar-refractivity contribution < 1.29 is 13.6 Å². The number of thiophene rings is 1. The molecule has 146 valence electrons. The number of benzene rings is 1. The molecule has 9 heteroatoms. The van der Waals surface area contributed by atoms with Gasteiger partial charge in [0.2, 0.25) is 5.91 Å². The van der Waals surface area contributed by atoms with E-state index >= 15 is 0 Å². The number of hydrogen-bond acceptors (Lipinski definition) is 4. The third-order valence-corrected chi connectivity index (χ3v) is 5.29. The molecule has 0 saturated heterocycles. The van der Waals surface area contributed by atoms with Gasteiger partial charge in [0.1, 0.15) is 10.4 Å². The number of halogens is 3. The van der Waals surface area contributed by atoms with Gasteiger partial charge in [-0.3, -0.25) is 9.59 Å². The van der Waals surface area contributed by atoms with Crippen molar-refractivity contribution >= 4 is 34.5 Å². The molecule has 3 rings (SSSR count). The SMILES string of the molecule is CC(C(=O)Nc1ccc(C(C)(F)F)cc1)n1nc(-c2ccsc2Cl)ccc1=O. The average molecular weight is 424 g/mol. The monoisotopic (exact) mass is 423 g/mol. The summed E-state index contributed by atoms with van der Waals surface area (Å²) in [4.78, 5) is 24.7. The summed E-state index contributed by atoms with van der Waals surface area (Å²) in [6.07, 6.45) is 0. The van der Waals surface area contributed by atoms with Gasteiger partial charge in [-0.05, 0) is 36.6 Å². The number of rotatable bonds is 5. The van der Waals surface area contributed by atoms with E-state index in [1.54, 1.807) is 17.5 Å². The maximum absolute atomic E-state index is 13.3. The van der Waals surface area contributed by atoms with E-state index < -0.39 is 23.4 Å². The topological polar surface area (TPSA) is 64.0 Å². The van der Waals surface area contributed by atoms with E-state index in [2.05, 4.69) is 10.4 Å². The molecule has 1 amide bonds. The lowest BCUT2D eigenvalue weighted by Gasteiger charge is -2.16. The molecule has 2 heterocycles. The zero-order valence-corrected chi connectivity index (χ0v) is 16.5. The van der Waals surface area contributed by atoms with E-state index in [0.717, 1.165) is 11.6 Å². The predicted molar refractivity (Wildman–Crippen MR) is 106 cm³/mol. The largest absolute Gasteiger partial charge is 0.324 e. The summed E-state index contributed by atoms with van der Waals surface area (Å²) >= 11 is 7.45. The second kappa shape index (κ2) is 7.81. The maximum Gasteiger partial charge on any atom is 0.270 e. The molecule has 2 aromatic heterocycles. The standard InChI is InChI=1S/C19H16ClF2N3O2S/c1-11(18(27)23-13-5-3-12(4-6-13)19(2,21)22)25-16(26)8-7-15(24-25)14-9-10-28-17(14)20/h3-11H,1-2H3,(H,23,27). The van der Waals surface area contributed by atoms with Crippen molar-refractivity contribution in [2.45, 2.75) is 25.8 Å². The van der Waals surface area contributed by atoms with Crippen molar-refractivity contribution in [1.82, 2.24) is 9.78 Å². The number of carbonyl (C=O) groups is 1. The summed E-state index contributed by atoms with van der Waals surface area (Å²) in [5.74, 6) is -3.46. The third-order valence-electron chi connectivity index (χ3n) is 4.12. The van der Waals surface area contributed by atoms with Crippen LogP contribution in [0.3, 0.4) is 0 Å². The van der Waals surface area contributed by atoms with Gasteiger partial charge in [-0.15, -0.1) is 11.3 Å². The quantitative estimate of drug-likeness (QED) is 0.632. The minimum atomic E-state index is -2.96. The zero-order valence-electron chi connectivity index (χ0n) is 14.9. The van der Waals surface area contributed by atoms with Crippen molar-refractivity contribution in [1.29, 1.82) is 0 Å². The van der Waals surface area contributed by atoms with E-state index in [4.69, 9.17) is 11.6 Å². The summed E-state index contributed by atoms with van der Waals surface area (Å²) < 4.78 is 28.2. The van der Waals surface area contributed by atoms with Crippen LogP contribution in [0.2, 0.25) is 4.34 Å². The highest BCUT2D eigenvalue weighted by Gasteiger charge is 2.24. The summed E-state index contributed by atoms with van der Waals surface area (Å²) in [5.41, 5.74) is 0.884. The normalized spacial score (nSPS) is 12.6. The van der Waals surface area contributed by atoms with Gasteiger partial charge < -0.3 is 5.32 Å². The minimum absolute atomic E-state index is 0.156. The van der Waals surface area contributed by atoms with E-state index in [-0.39, 0.29) is 5.56 Å². The van der Waals surface area contributed by atoms with Crippen LogP contribution in [0.15, 0.2) is 52.6 Å². The lowest BCUT2D eigenvalue weighted by atomic mass is 10.1. The van der Waals surface area contributed by atoms with Gasteiger partial charge in [0, 0.05) is 29.8 Å². The molecule has 1 aromatic carbocycles. The Morgan fingerprint density at radius 3 is 2.46 bits per heavy atom. The Kier molecular flexibility index (Phi) is 5.62. The van der Waals surface area contributed by atoms with Gasteiger partial charge >= 0.3 is 0 Å². The number of hydrogen-bond donors (Lipinski definition) is 1. The maximum atomic E-state index is 13.3. The summed E-state index contributed by atoms with van der Waals surface area (Å²) in [7, 11) is 0. The van der Waals surface area contributed by atoms with Crippen LogP contribution >= 0.6 is 22.9 Å². The first-order valence-electron chi connectivity index (χ1n) is 8.29. The van der Waals surface area contributed by atoms with E-state index in [1.165, 1.54) is 48.6 Å². The van der Waals surface area contributed by atoms with Crippen LogP contribution < -0.4 is 10.9 Å². The smallest absolute Gasteiger partial charge is 0.270 e. The number of amides is 1. The third kappa shape index (κ3) is 4.28. The van der Waals surface area contributed by atoms with Crippen LogP contribution in [-0.4, -0.2) is 15.7 Å². The fourth-order valence-corrected chi connectivity index (χ4v) is 3.46. The molecule has 1 N–H and O–H groups in total. The van der Waals surface area contributed by atoms with Crippen molar-refractivity contribution in [2.24, 2.45) is 0 Å². The number of aromatic nitrogens is 2. The molecule has 28 heavy (non-hydrogen) atoms. The van der Waals surface area contributed by atoms with Gasteiger partial charge in [0.15, 0.2) is 0 Å². The van der Waals surface area contributed by atoms with E-state index in [9.17, 15) is 18.4 Å². The number of nitrogens with one attached hydrogen (secondary N) is 1. The lowest BCUT2D eigenvalue weighted by Crippen LogP contribution is -2.33. The first kappa shape index (κ1) is 20.2. The first-order chi connectivity index (χ1) is 13.2. The second-order valence-electron chi connectivity index (χ2n) is 6.24. The molecular weight excluding hydrogens is 408 g/mol. The number of nitrogens with zero attached hydrogens (tertiary/aromatic N) is 2. The lowest BCUT2D eigenvalue weighted by molar-refractivity contribution is -0.119. The Morgan fingerprint density at radius 1 is 1.21 bits per heavy atom. The highest BCUT2D eigenvalue weighted by Crippen LogP contribution is 2.31. The molecule has 0 aliphatic carbocycles. The molecule has 0 aliphatic heterocycles. The van der Waals surface area contributed by atoms with Crippen molar-refractivity contribution in [3.63, 3.8) is 0 Å². The van der Waals surface area contributed by atoms with Crippen LogP contribution in [0.1, 0.15) is 25.5 Å². The van der Waals surface area contributed by atoms with Crippen LogP contribution in [0.5, 0.6) is 0 Å². The highest BCUT2D eigenvalue weighted by atomic mass is 35.5. The molecule has 0 aliphatic rings. The zero-order chi connectivity index (χ0) is 20.5. The molecular formula is C19H16ClF2N3O2S. The van der Waals surface area contributed by atoms with Crippen molar-refractivity contribution in [3.8, 4) is 11.3 Å². The average Bonchev–Trinajstić information content (AvgIpc) is 3.07. The van der Waals surface area contributed by atoms with Crippen molar-refractivity contribution in [2.75, 3.05) is 5.32 Å². The van der Waals surface area contributed by atoms with Gasteiger partial charge in [-0.25, -0.2) is 13.5 Å². The molecule has 1 unspecified atom stereocenters. The summed E-state index contributed by atoms with van der Waals surface area (Å²) in [6.45, 7) is 2.32. The Morgan fingerprint density at radius 2 is 1.89 bits per heavy atom. The van der Waals surface area contributed by atoms with Gasteiger partial charge in [-0.2, -0.15) is 5.10 Å². The van der Waals surface area contributed by atoms with Gasteiger partial charge in [0.25, 0.3) is 11.5 Å². The highest BCUT2D eigenvalue weighted by molar-refractivity contribution is 7.15. The molecule has 3 aromatic rings. The summed E-state index contributed by atoms with van der Waals surface area (Å²) in [6, 6.07) is 8.97. The minimum Gasteiger partial charge on any atom is -0.324 e. The van der Waals surface area contributed by atoms with Crippen LogP contribution in [0.4, 0.5) is 14.5 Å².